The largest absolute Gasteiger partial charge is 0.467 e. The third-order valence-corrected chi connectivity index (χ3v) is 3.10. The van der Waals surface area contributed by atoms with Gasteiger partial charge in [-0.3, -0.25) is 0 Å². The molecule has 4 heteroatoms. The lowest BCUT2D eigenvalue weighted by Crippen LogP contribution is -2.00. The second-order valence-electron chi connectivity index (χ2n) is 2.93. The van der Waals surface area contributed by atoms with Crippen LogP contribution in [0, 0.1) is 0 Å². The van der Waals surface area contributed by atoms with Gasteiger partial charge in [-0.15, -0.1) is 0 Å². The molecule has 0 aliphatic heterocycles. The molecule has 0 saturated carbocycles. The summed E-state index contributed by atoms with van der Waals surface area (Å²) in [5, 5.41) is 0. The summed E-state index contributed by atoms with van der Waals surface area (Å²) in [6, 6.07) is 7.83. The molecule has 0 unspecified atom stereocenters. The van der Waals surface area contributed by atoms with Gasteiger partial charge in [0.15, 0.2) is 6.79 Å². The van der Waals surface area contributed by atoms with Crippen LogP contribution in [-0.2, 0) is 4.74 Å². The van der Waals surface area contributed by atoms with E-state index in [-0.39, 0.29) is 6.79 Å². The fourth-order valence-electron chi connectivity index (χ4n) is 1.13. The van der Waals surface area contributed by atoms with Crippen LogP contribution in [0.2, 0.25) is 0 Å². The zero-order valence-electron chi connectivity index (χ0n) is 8.59. The molecule has 0 saturated heterocycles. The van der Waals surface area contributed by atoms with E-state index in [2.05, 4.69) is 31.9 Å². The molecule has 1 aromatic carbocycles. The number of rotatable bonds is 4. The second kappa shape index (κ2) is 6.30. The van der Waals surface area contributed by atoms with Crippen molar-refractivity contribution in [3.63, 3.8) is 0 Å². The molecule has 2 nitrogen and oxygen atoms in total. The third kappa shape index (κ3) is 3.63. The maximum atomic E-state index is 5.46. The minimum Gasteiger partial charge on any atom is -0.467 e. The molecule has 0 radical (unpaired) electrons. The van der Waals surface area contributed by atoms with Crippen molar-refractivity contribution in [2.45, 2.75) is 6.92 Å². The van der Waals surface area contributed by atoms with Gasteiger partial charge in [0, 0.05) is 12.7 Å². The number of ether oxygens (including phenoxy) is 2. The first-order chi connectivity index (χ1) is 7.16. The van der Waals surface area contributed by atoms with Crippen molar-refractivity contribution in [3.05, 3.63) is 33.2 Å². The van der Waals surface area contributed by atoms with E-state index in [4.69, 9.17) is 9.47 Å². The first-order valence-corrected chi connectivity index (χ1v) is 5.98. The number of hydrogen-bond donors (Lipinski definition) is 0. The van der Waals surface area contributed by atoms with E-state index in [1.165, 1.54) is 0 Å². The highest BCUT2D eigenvalue weighted by Gasteiger charge is 2.06. The van der Waals surface area contributed by atoms with Gasteiger partial charge in [0.2, 0.25) is 0 Å². The fourth-order valence-corrected chi connectivity index (χ4v) is 1.55. The van der Waals surface area contributed by atoms with Crippen LogP contribution in [0.25, 0.3) is 5.57 Å². The fraction of sp³-hybridized carbons (Fsp3) is 0.273. The summed E-state index contributed by atoms with van der Waals surface area (Å²) in [6.07, 6.45) is 0. The van der Waals surface area contributed by atoms with Crippen LogP contribution in [0.15, 0.2) is 27.7 Å². The number of allylic oxidation sites excluding steroid dienone is 1. The highest BCUT2D eigenvalue weighted by molar-refractivity contribution is 9.28. The predicted octanol–water partition coefficient (Wildman–Crippen LogP) is 4.15. The van der Waals surface area contributed by atoms with E-state index < -0.39 is 0 Å². The lowest BCUT2D eigenvalue weighted by atomic mass is 10.1. The van der Waals surface area contributed by atoms with Crippen molar-refractivity contribution in [2.75, 3.05) is 13.9 Å². The average molecular weight is 336 g/mol. The van der Waals surface area contributed by atoms with Gasteiger partial charge in [-0.25, -0.2) is 0 Å². The maximum Gasteiger partial charge on any atom is 0.188 e. The third-order valence-electron chi connectivity index (χ3n) is 1.91. The molecule has 0 amide bonds. The minimum atomic E-state index is 0.254. The second-order valence-corrected chi connectivity index (χ2v) is 5.58. The van der Waals surface area contributed by atoms with Crippen LogP contribution >= 0.6 is 31.9 Å². The Kier molecular flexibility index (Phi) is 5.36. The highest BCUT2D eigenvalue weighted by atomic mass is 79.9. The van der Waals surface area contributed by atoms with Crippen LogP contribution in [0.5, 0.6) is 5.75 Å². The first kappa shape index (κ1) is 12.7. The molecular formula is C11H12Br2O2. The van der Waals surface area contributed by atoms with Crippen LogP contribution in [-0.4, -0.2) is 13.9 Å². The molecule has 0 heterocycles. The Labute approximate surface area is 107 Å². The van der Waals surface area contributed by atoms with E-state index >= 15 is 0 Å². The van der Waals surface area contributed by atoms with E-state index in [9.17, 15) is 0 Å². The minimum absolute atomic E-state index is 0.254. The summed E-state index contributed by atoms with van der Waals surface area (Å²) in [7, 11) is 1.60. The molecule has 0 atom stereocenters. The Morgan fingerprint density at radius 2 is 1.93 bits per heavy atom. The average Bonchev–Trinajstić information content (AvgIpc) is 2.25. The van der Waals surface area contributed by atoms with Gasteiger partial charge in [0.1, 0.15) is 5.75 Å². The monoisotopic (exact) mass is 334 g/mol. The molecule has 82 valence electrons. The van der Waals surface area contributed by atoms with E-state index in [1.807, 2.05) is 31.2 Å². The summed E-state index contributed by atoms with van der Waals surface area (Å²) in [6.45, 7) is 2.26. The van der Waals surface area contributed by atoms with Gasteiger partial charge < -0.3 is 9.47 Å². The van der Waals surface area contributed by atoms with E-state index in [0.29, 0.717) is 0 Å². The smallest absolute Gasteiger partial charge is 0.188 e. The number of methoxy groups -OCH3 is 1. The molecule has 1 aromatic rings. The van der Waals surface area contributed by atoms with E-state index in [0.717, 1.165) is 20.3 Å². The molecule has 15 heavy (non-hydrogen) atoms. The van der Waals surface area contributed by atoms with Crippen molar-refractivity contribution in [3.8, 4) is 5.75 Å². The normalized spacial score (nSPS) is 9.87. The summed E-state index contributed by atoms with van der Waals surface area (Å²) in [5.74, 6) is 0.813. The summed E-state index contributed by atoms with van der Waals surface area (Å²) >= 11 is 6.78. The van der Waals surface area contributed by atoms with Crippen LogP contribution in [0.3, 0.4) is 0 Å². The van der Waals surface area contributed by atoms with Crippen molar-refractivity contribution in [2.24, 2.45) is 0 Å². The lowest BCUT2D eigenvalue weighted by molar-refractivity contribution is 0.0509. The van der Waals surface area contributed by atoms with Crippen molar-refractivity contribution >= 4 is 37.4 Å². The highest BCUT2D eigenvalue weighted by Crippen LogP contribution is 2.32. The Balaban J connectivity index is 3.01. The SMILES string of the molecule is COCOc1ccccc1C(C)=C(Br)Br. The number of para-hydroxylation sites is 1. The van der Waals surface area contributed by atoms with Crippen molar-refractivity contribution < 1.29 is 9.47 Å². The van der Waals surface area contributed by atoms with Gasteiger partial charge in [0.25, 0.3) is 0 Å². The zero-order chi connectivity index (χ0) is 11.3. The van der Waals surface area contributed by atoms with Gasteiger partial charge in [-0.1, -0.05) is 18.2 Å². The molecule has 0 N–H and O–H groups in total. The molecule has 0 aliphatic carbocycles. The van der Waals surface area contributed by atoms with Crippen LogP contribution in [0.4, 0.5) is 0 Å². The number of benzene rings is 1. The Morgan fingerprint density at radius 1 is 1.27 bits per heavy atom. The predicted molar refractivity (Wildman–Crippen MR) is 69.4 cm³/mol. The van der Waals surface area contributed by atoms with Crippen molar-refractivity contribution in [1.82, 2.24) is 0 Å². The molecule has 0 fully saturated rings. The summed E-state index contributed by atoms with van der Waals surface area (Å²) < 4.78 is 11.3. The van der Waals surface area contributed by atoms with Gasteiger partial charge in [0.05, 0.1) is 3.39 Å². The molecule has 0 bridgehead atoms. The molecule has 0 aliphatic rings. The first-order valence-electron chi connectivity index (χ1n) is 4.40. The van der Waals surface area contributed by atoms with Gasteiger partial charge in [-0.2, -0.15) is 0 Å². The Hall–Kier alpha value is -0.320. The quantitative estimate of drug-likeness (QED) is 0.769. The number of hydrogen-bond acceptors (Lipinski definition) is 2. The molecule has 0 aromatic heterocycles. The Morgan fingerprint density at radius 3 is 2.53 bits per heavy atom. The van der Waals surface area contributed by atoms with E-state index in [1.54, 1.807) is 7.11 Å². The molecular weight excluding hydrogens is 324 g/mol. The lowest BCUT2D eigenvalue weighted by Gasteiger charge is -2.11. The van der Waals surface area contributed by atoms with Gasteiger partial charge >= 0.3 is 0 Å². The Bertz CT molecular complexity index is 357. The topological polar surface area (TPSA) is 18.5 Å². The molecule has 1 rings (SSSR count). The van der Waals surface area contributed by atoms with Crippen LogP contribution < -0.4 is 4.74 Å². The molecule has 0 spiro atoms. The zero-order valence-corrected chi connectivity index (χ0v) is 11.8. The maximum absolute atomic E-state index is 5.46. The standard InChI is InChI=1S/C11H12Br2O2/c1-8(11(12)13)9-5-3-4-6-10(9)15-7-14-2/h3-6H,7H2,1-2H3. The van der Waals surface area contributed by atoms with Crippen molar-refractivity contribution in [1.29, 1.82) is 0 Å². The number of halogens is 2. The summed E-state index contributed by atoms with van der Waals surface area (Å²) in [4.78, 5) is 0. The van der Waals surface area contributed by atoms with Crippen LogP contribution in [0.1, 0.15) is 12.5 Å². The summed E-state index contributed by atoms with van der Waals surface area (Å²) in [5.41, 5.74) is 2.13. The van der Waals surface area contributed by atoms with Gasteiger partial charge in [-0.05, 0) is 50.4 Å².